The summed E-state index contributed by atoms with van der Waals surface area (Å²) in [5, 5.41) is 3.15. The predicted octanol–water partition coefficient (Wildman–Crippen LogP) is 5.20. The van der Waals surface area contributed by atoms with Crippen molar-refractivity contribution in [2.24, 2.45) is 0 Å². The minimum Gasteiger partial charge on any atom is -0.465 e. The molecule has 0 saturated heterocycles. The van der Waals surface area contributed by atoms with Gasteiger partial charge in [0.25, 0.3) is 5.91 Å². The van der Waals surface area contributed by atoms with Crippen molar-refractivity contribution in [3.8, 4) is 0 Å². The van der Waals surface area contributed by atoms with Gasteiger partial charge in [0.1, 0.15) is 10.8 Å². The van der Waals surface area contributed by atoms with E-state index in [1.165, 1.54) is 42.2 Å². The van der Waals surface area contributed by atoms with Gasteiger partial charge in [0, 0.05) is 4.88 Å². The third-order valence-electron chi connectivity index (χ3n) is 5.27. The van der Waals surface area contributed by atoms with E-state index in [9.17, 15) is 14.0 Å². The predicted molar refractivity (Wildman–Crippen MR) is 111 cm³/mol. The maximum absolute atomic E-state index is 14.0. The van der Waals surface area contributed by atoms with Crippen molar-refractivity contribution >= 4 is 28.2 Å². The molecule has 1 aromatic heterocycles. The summed E-state index contributed by atoms with van der Waals surface area (Å²) in [5.41, 5.74) is 2.53. The van der Waals surface area contributed by atoms with Crippen LogP contribution in [0.3, 0.4) is 0 Å². The molecular formula is C23H20FNO3S. The molecule has 4 nitrogen and oxygen atoms in total. The Bertz CT molecular complexity index is 1060. The third kappa shape index (κ3) is 3.80. The van der Waals surface area contributed by atoms with Crippen LogP contribution in [0.15, 0.2) is 54.6 Å². The van der Waals surface area contributed by atoms with Gasteiger partial charge in [-0.25, -0.2) is 9.18 Å². The summed E-state index contributed by atoms with van der Waals surface area (Å²) in [6, 6.07) is 16.1. The van der Waals surface area contributed by atoms with E-state index in [0.717, 1.165) is 29.7 Å². The first-order valence-electron chi connectivity index (χ1n) is 9.42. The number of benzene rings is 2. The van der Waals surface area contributed by atoms with Crippen LogP contribution in [-0.2, 0) is 17.6 Å². The Kier molecular flexibility index (Phi) is 5.45. The van der Waals surface area contributed by atoms with E-state index in [1.54, 1.807) is 6.07 Å². The van der Waals surface area contributed by atoms with Crippen LogP contribution in [0.4, 0.5) is 9.39 Å². The molecule has 1 aliphatic carbocycles. The molecule has 0 saturated carbocycles. The Morgan fingerprint density at radius 2 is 1.83 bits per heavy atom. The van der Waals surface area contributed by atoms with Gasteiger partial charge in [0.2, 0.25) is 0 Å². The molecule has 1 unspecified atom stereocenters. The highest BCUT2D eigenvalue weighted by Gasteiger charge is 2.31. The Labute approximate surface area is 172 Å². The van der Waals surface area contributed by atoms with E-state index >= 15 is 0 Å². The van der Waals surface area contributed by atoms with E-state index < -0.39 is 17.7 Å². The zero-order chi connectivity index (χ0) is 20.4. The lowest BCUT2D eigenvalue weighted by molar-refractivity contribution is 0.0601. The number of thiophene rings is 1. The van der Waals surface area contributed by atoms with Crippen LogP contribution < -0.4 is 5.32 Å². The van der Waals surface area contributed by atoms with Gasteiger partial charge in [-0.2, -0.15) is 0 Å². The number of amides is 1. The van der Waals surface area contributed by atoms with Crippen LogP contribution in [-0.4, -0.2) is 19.0 Å². The zero-order valence-corrected chi connectivity index (χ0v) is 16.7. The van der Waals surface area contributed by atoms with Crippen LogP contribution in [0, 0.1) is 5.82 Å². The average Bonchev–Trinajstić information content (AvgIpc) is 3.11. The molecular weight excluding hydrogens is 389 g/mol. The summed E-state index contributed by atoms with van der Waals surface area (Å²) in [6.45, 7) is 0. The summed E-state index contributed by atoms with van der Waals surface area (Å²) in [7, 11) is 1.32. The van der Waals surface area contributed by atoms with Gasteiger partial charge < -0.3 is 10.1 Å². The normalized spacial score (nSPS) is 15.4. The quantitative estimate of drug-likeness (QED) is 0.603. The van der Waals surface area contributed by atoms with E-state index in [0.29, 0.717) is 16.5 Å². The van der Waals surface area contributed by atoms with Gasteiger partial charge in [0.05, 0.1) is 18.2 Å². The molecule has 1 aliphatic rings. The van der Waals surface area contributed by atoms with Crippen molar-refractivity contribution in [3.63, 3.8) is 0 Å². The third-order valence-corrected chi connectivity index (χ3v) is 6.44. The number of carbonyl (C=O) groups is 2. The Morgan fingerprint density at radius 1 is 1.10 bits per heavy atom. The van der Waals surface area contributed by atoms with Gasteiger partial charge >= 0.3 is 5.97 Å². The van der Waals surface area contributed by atoms with Crippen molar-refractivity contribution in [1.29, 1.82) is 0 Å². The number of methoxy groups -OCH3 is 1. The molecule has 0 radical (unpaired) electrons. The highest BCUT2D eigenvalue weighted by Crippen LogP contribution is 2.42. The molecule has 1 amide bonds. The maximum Gasteiger partial charge on any atom is 0.341 e. The summed E-state index contributed by atoms with van der Waals surface area (Å²) in [5.74, 6) is -1.30. The highest BCUT2D eigenvalue weighted by molar-refractivity contribution is 7.17. The molecule has 0 aliphatic heterocycles. The highest BCUT2D eigenvalue weighted by atomic mass is 32.1. The Hall–Kier alpha value is -2.99. The number of nitrogens with one attached hydrogen (secondary N) is 1. The number of hydrogen-bond acceptors (Lipinski definition) is 4. The molecule has 3 aromatic rings. The number of esters is 1. The SMILES string of the molecule is COC(=O)c1c(NC(=O)c2ccccc2F)sc2c1CCC(c1ccccc1)C2. The molecule has 6 heteroatoms. The van der Waals surface area contributed by atoms with Crippen molar-refractivity contribution in [2.75, 3.05) is 12.4 Å². The minimum atomic E-state index is -0.602. The fourth-order valence-corrected chi connectivity index (χ4v) is 5.13. The fourth-order valence-electron chi connectivity index (χ4n) is 3.82. The zero-order valence-electron chi connectivity index (χ0n) is 15.9. The van der Waals surface area contributed by atoms with Crippen LogP contribution in [0.25, 0.3) is 0 Å². The van der Waals surface area contributed by atoms with Crippen molar-refractivity contribution in [1.82, 2.24) is 0 Å². The van der Waals surface area contributed by atoms with E-state index in [1.807, 2.05) is 18.2 Å². The monoisotopic (exact) mass is 409 g/mol. The number of rotatable bonds is 4. The second-order valence-corrected chi connectivity index (χ2v) is 8.09. The molecule has 4 rings (SSSR count). The van der Waals surface area contributed by atoms with E-state index in [-0.39, 0.29) is 5.56 Å². The number of hydrogen-bond donors (Lipinski definition) is 1. The standard InChI is InChI=1S/C23H20FNO3S/c1-28-23(27)20-17-12-11-15(14-7-3-2-4-8-14)13-19(17)29-22(20)25-21(26)16-9-5-6-10-18(16)24/h2-10,15H,11-13H2,1H3,(H,25,26). The molecule has 1 heterocycles. The molecule has 0 bridgehead atoms. The summed E-state index contributed by atoms with van der Waals surface area (Å²) >= 11 is 1.38. The lowest BCUT2D eigenvalue weighted by Crippen LogP contribution is -2.17. The van der Waals surface area contributed by atoms with E-state index in [4.69, 9.17) is 4.74 Å². The molecule has 0 spiro atoms. The smallest absolute Gasteiger partial charge is 0.341 e. The molecule has 1 N–H and O–H groups in total. The average molecular weight is 409 g/mol. The first kappa shape index (κ1) is 19.3. The molecule has 148 valence electrons. The maximum atomic E-state index is 14.0. The van der Waals surface area contributed by atoms with Gasteiger partial charge in [0.15, 0.2) is 0 Å². The largest absolute Gasteiger partial charge is 0.465 e. The summed E-state index contributed by atoms with van der Waals surface area (Å²) in [4.78, 5) is 26.1. The second-order valence-electron chi connectivity index (χ2n) is 6.98. The van der Waals surface area contributed by atoms with Crippen molar-refractivity contribution < 1.29 is 18.7 Å². The van der Waals surface area contributed by atoms with Gasteiger partial charge in [-0.15, -0.1) is 11.3 Å². The topological polar surface area (TPSA) is 55.4 Å². The Morgan fingerprint density at radius 3 is 2.55 bits per heavy atom. The van der Waals surface area contributed by atoms with E-state index in [2.05, 4.69) is 17.4 Å². The van der Waals surface area contributed by atoms with Crippen LogP contribution >= 0.6 is 11.3 Å². The minimum absolute atomic E-state index is 0.0585. The first-order chi connectivity index (χ1) is 14.1. The van der Waals surface area contributed by atoms with Crippen LogP contribution in [0.2, 0.25) is 0 Å². The summed E-state index contributed by atoms with van der Waals surface area (Å²) in [6.07, 6.45) is 2.44. The number of halogens is 1. The van der Waals surface area contributed by atoms with Crippen molar-refractivity contribution in [2.45, 2.75) is 25.2 Å². The number of anilines is 1. The number of carbonyl (C=O) groups excluding carboxylic acids is 2. The molecule has 0 fully saturated rings. The lowest BCUT2D eigenvalue weighted by atomic mass is 9.83. The second kappa shape index (κ2) is 8.17. The van der Waals surface area contributed by atoms with Gasteiger partial charge in [-0.05, 0) is 48.4 Å². The fraction of sp³-hybridized carbons (Fsp3) is 0.217. The number of fused-ring (bicyclic) bond motifs is 1. The van der Waals surface area contributed by atoms with Crippen molar-refractivity contribution in [3.05, 3.63) is 87.5 Å². The van der Waals surface area contributed by atoms with Crippen LogP contribution in [0.1, 0.15) is 49.1 Å². The van der Waals surface area contributed by atoms with Crippen LogP contribution in [0.5, 0.6) is 0 Å². The molecule has 1 atom stereocenters. The number of ether oxygens (including phenoxy) is 1. The van der Waals surface area contributed by atoms with Gasteiger partial charge in [-0.3, -0.25) is 4.79 Å². The Balaban J connectivity index is 1.67. The van der Waals surface area contributed by atoms with Gasteiger partial charge in [-0.1, -0.05) is 42.5 Å². The first-order valence-corrected chi connectivity index (χ1v) is 10.2. The summed E-state index contributed by atoms with van der Waals surface area (Å²) < 4.78 is 19.0. The molecule has 2 aromatic carbocycles. The lowest BCUT2D eigenvalue weighted by Gasteiger charge is -2.22. The molecule has 29 heavy (non-hydrogen) atoms.